The van der Waals surface area contributed by atoms with E-state index in [9.17, 15) is 18.4 Å². The van der Waals surface area contributed by atoms with Crippen LogP contribution in [-0.2, 0) is 11.3 Å². The predicted molar refractivity (Wildman–Crippen MR) is 93.3 cm³/mol. The maximum atomic E-state index is 13.8. The molecule has 136 valence electrons. The SMILES string of the molecule is O=C(NCc1cccc(F)c1)[C@@H]1CCCN(C(=O)c2ccccc2F)C1. The molecule has 6 heteroatoms. The number of nitrogens with zero attached hydrogens (tertiary/aromatic N) is 1. The van der Waals surface area contributed by atoms with Gasteiger partial charge in [-0.15, -0.1) is 0 Å². The first-order valence-electron chi connectivity index (χ1n) is 8.60. The molecule has 1 fully saturated rings. The van der Waals surface area contributed by atoms with Gasteiger partial charge < -0.3 is 10.2 Å². The molecule has 1 N–H and O–H groups in total. The molecule has 1 aliphatic heterocycles. The van der Waals surface area contributed by atoms with Gasteiger partial charge in [0.1, 0.15) is 11.6 Å². The molecule has 2 aromatic rings. The first-order chi connectivity index (χ1) is 12.5. The molecule has 1 saturated heterocycles. The minimum Gasteiger partial charge on any atom is -0.352 e. The van der Waals surface area contributed by atoms with Crippen LogP contribution in [0.5, 0.6) is 0 Å². The zero-order valence-corrected chi connectivity index (χ0v) is 14.3. The van der Waals surface area contributed by atoms with Gasteiger partial charge in [0.25, 0.3) is 5.91 Å². The van der Waals surface area contributed by atoms with E-state index in [2.05, 4.69) is 5.32 Å². The molecule has 0 bridgehead atoms. The van der Waals surface area contributed by atoms with Crippen molar-refractivity contribution in [1.82, 2.24) is 10.2 Å². The summed E-state index contributed by atoms with van der Waals surface area (Å²) >= 11 is 0. The van der Waals surface area contributed by atoms with Crippen molar-refractivity contribution < 1.29 is 18.4 Å². The van der Waals surface area contributed by atoms with Crippen molar-refractivity contribution in [1.29, 1.82) is 0 Å². The van der Waals surface area contributed by atoms with E-state index in [0.717, 1.165) is 0 Å². The third-order valence-corrected chi connectivity index (χ3v) is 4.54. The van der Waals surface area contributed by atoms with Crippen molar-refractivity contribution in [3.05, 3.63) is 71.3 Å². The molecular formula is C20H20F2N2O2. The van der Waals surface area contributed by atoms with Crippen LogP contribution in [0.4, 0.5) is 8.78 Å². The van der Waals surface area contributed by atoms with Crippen molar-refractivity contribution in [3.63, 3.8) is 0 Å². The summed E-state index contributed by atoms with van der Waals surface area (Å²) in [6, 6.07) is 11.9. The first kappa shape index (κ1) is 18.0. The lowest BCUT2D eigenvalue weighted by Crippen LogP contribution is -2.45. The molecule has 26 heavy (non-hydrogen) atoms. The van der Waals surface area contributed by atoms with Crippen LogP contribution in [0, 0.1) is 17.6 Å². The lowest BCUT2D eigenvalue weighted by Gasteiger charge is -2.32. The van der Waals surface area contributed by atoms with Crippen LogP contribution in [0.2, 0.25) is 0 Å². The van der Waals surface area contributed by atoms with Gasteiger partial charge in [-0.1, -0.05) is 24.3 Å². The maximum Gasteiger partial charge on any atom is 0.256 e. The van der Waals surface area contributed by atoms with Crippen LogP contribution in [-0.4, -0.2) is 29.8 Å². The number of hydrogen-bond acceptors (Lipinski definition) is 2. The highest BCUT2D eigenvalue weighted by atomic mass is 19.1. The Hall–Kier alpha value is -2.76. The molecular weight excluding hydrogens is 338 g/mol. The Morgan fingerprint density at radius 3 is 2.69 bits per heavy atom. The molecule has 2 aromatic carbocycles. The topological polar surface area (TPSA) is 49.4 Å². The van der Waals surface area contributed by atoms with Crippen molar-refractivity contribution in [2.24, 2.45) is 5.92 Å². The smallest absolute Gasteiger partial charge is 0.256 e. The zero-order chi connectivity index (χ0) is 18.5. The Balaban J connectivity index is 1.60. The Morgan fingerprint density at radius 1 is 1.12 bits per heavy atom. The van der Waals surface area contributed by atoms with Crippen molar-refractivity contribution in [2.75, 3.05) is 13.1 Å². The highest BCUT2D eigenvalue weighted by molar-refractivity contribution is 5.95. The number of amides is 2. The van der Waals surface area contributed by atoms with Gasteiger partial charge in [-0.05, 0) is 42.7 Å². The van der Waals surface area contributed by atoms with Gasteiger partial charge in [0.2, 0.25) is 5.91 Å². The monoisotopic (exact) mass is 358 g/mol. The van der Waals surface area contributed by atoms with Gasteiger partial charge in [0.05, 0.1) is 11.5 Å². The fraction of sp³-hybridized carbons (Fsp3) is 0.300. The van der Waals surface area contributed by atoms with Crippen molar-refractivity contribution >= 4 is 11.8 Å². The highest BCUT2D eigenvalue weighted by Gasteiger charge is 2.29. The molecule has 0 aromatic heterocycles. The number of carbonyl (C=O) groups is 2. The first-order valence-corrected chi connectivity index (χ1v) is 8.60. The second kappa shape index (κ2) is 8.08. The lowest BCUT2D eigenvalue weighted by atomic mass is 9.96. The molecule has 0 spiro atoms. The van der Waals surface area contributed by atoms with Crippen LogP contribution in [0.25, 0.3) is 0 Å². The zero-order valence-electron chi connectivity index (χ0n) is 14.3. The summed E-state index contributed by atoms with van der Waals surface area (Å²) in [5.41, 5.74) is 0.696. The molecule has 2 amide bonds. The molecule has 1 aliphatic rings. The summed E-state index contributed by atoms with van der Waals surface area (Å²) in [5, 5.41) is 2.79. The Kier molecular flexibility index (Phi) is 5.61. The van der Waals surface area contributed by atoms with Gasteiger partial charge in [-0.2, -0.15) is 0 Å². The van der Waals surface area contributed by atoms with Gasteiger partial charge in [0, 0.05) is 19.6 Å². The molecule has 0 radical (unpaired) electrons. The molecule has 3 rings (SSSR count). The Morgan fingerprint density at radius 2 is 1.92 bits per heavy atom. The highest BCUT2D eigenvalue weighted by Crippen LogP contribution is 2.20. The number of benzene rings is 2. The van der Waals surface area contributed by atoms with Crippen LogP contribution in [0.15, 0.2) is 48.5 Å². The summed E-state index contributed by atoms with van der Waals surface area (Å²) in [6.45, 7) is 0.983. The fourth-order valence-corrected chi connectivity index (χ4v) is 3.16. The molecule has 4 nitrogen and oxygen atoms in total. The quantitative estimate of drug-likeness (QED) is 0.913. The summed E-state index contributed by atoms with van der Waals surface area (Å²) in [6.07, 6.45) is 1.34. The molecule has 0 aliphatic carbocycles. The number of piperidine rings is 1. The summed E-state index contributed by atoms with van der Waals surface area (Å²) in [7, 11) is 0. The minimum absolute atomic E-state index is 0.0216. The average Bonchev–Trinajstić information content (AvgIpc) is 2.66. The second-order valence-corrected chi connectivity index (χ2v) is 6.42. The standard InChI is InChI=1S/C20H20F2N2O2/c21-16-7-3-5-14(11-16)12-23-19(25)15-6-4-10-24(13-15)20(26)17-8-1-2-9-18(17)22/h1-3,5,7-9,11,15H,4,6,10,12-13H2,(H,23,25)/t15-/m1/s1. The van der Waals surface area contributed by atoms with E-state index in [4.69, 9.17) is 0 Å². The number of nitrogens with one attached hydrogen (secondary N) is 1. The van der Waals surface area contributed by atoms with E-state index >= 15 is 0 Å². The maximum absolute atomic E-state index is 13.8. The lowest BCUT2D eigenvalue weighted by molar-refractivity contribution is -0.126. The molecule has 0 unspecified atom stereocenters. The Bertz CT molecular complexity index is 810. The van der Waals surface area contributed by atoms with Gasteiger partial charge in [-0.3, -0.25) is 9.59 Å². The van der Waals surface area contributed by atoms with Gasteiger partial charge in [0.15, 0.2) is 0 Å². The van der Waals surface area contributed by atoms with Crippen molar-refractivity contribution in [2.45, 2.75) is 19.4 Å². The fourth-order valence-electron chi connectivity index (χ4n) is 3.16. The van der Waals surface area contributed by atoms with Crippen LogP contribution in [0.1, 0.15) is 28.8 Å². The van der Waals surface area contributed by atoms with Crippen LogP contribution >= 0.6 is 0 Å². The molecule has 0 saturated carbocycles. The van der Waals surface area contributed by atoms with E-state index in [1.807, 2.05) is 0 Å². The van der Waals surface area contributed by atoms with E-state index in [-0.39, 0.29) is 36.3 Å². The predicted octanol–water partition coefficient (Wildman–Crippen LogP) is 3.13. The number of halogens is 2. The third-order valence-electron chi connectivity index (χ3n) is 4.54. The number of hydrogen-bond donors (Lipinski definition) is 1. The largest absolute Gasteiger partial charge is 0.352 e. The molecule has 1 atom stereocenters. The van der Waals surface area contributed by atoms with E-state index in [1.54, 1.807) is 18.2 Å². The third kappa shape index (κ3) is 4.25. The number of rotatable bonds is 4. The average molecular weight is 358 g/mol. The molecule has 1 heterocycles. The number of carbonyl (C=O) groups excluding carboxylic acids is 2. The van der Waals surface area contributed by atoms with E-state index < -0.39 is 11.7 Å². The minimum atomic E-state index is -0.560. The van der Waals surface area contributed by atoms with E-state index in [1.165, 1.54) is 35.2 Å². The summed E-state index contributed by atoms with van der Waals surface area (Å²) in [4.78, 5) is 26.5. The summed E-state index contributed by atoms with van der Waals surface area (Å²) in [5.74, 6) is -1.84. The number of likely N-dealkylation sites (tertiary alicyclic amines) is 1. The van der Waals surface area contributed by atoms with Crippen LogP contribution in [0.3, 0.4) is 0 Å². The van der Waals surface area contributed by atoms with E-state index in [0.29, 0.717) is 24.9 Å². The Labute approximate surface area is 150 Å². The van der Waals surface area contributed by atoms with Crippen LogP contribution < -0.4 is 5.32 Å². The van der Waals surface area contributed by atoms with Crippen molar-refractivity contribution in [3.8, 4) is 0 Å². The second-order valence-electron chi connectivity index (χ2n) is 6.42. The van der Waals surface area contributed by atoms with Gasteiger partial charge in [-0.25, -0.2) is 8.78 Å². The van der Waals surface area contributed by atoms with Gasteiger partial charge >= 0.3 is 0 Å². The summed E-state index contributed by atoms with van der Waals surface area (Å²) < 4.78 is 27.0. The normalized spacial score (nSPS) is 17.0.